The summed E-state index contributed by atoms with van der Waals surface area (Å²) in [7, 11) is 0. The van der Waals surface area contributed by atoms with E-state index in [0.717, 1.165) is 0 Å². The number of hydrogen-bond acceptors (Lipinski definition) is 9. The molecule has 0 aromatic rings. The monoisotopic (exact) mass is 476 g/mol. The summed E-state index contributed by atoms with van der Waals surface area (Å²) in [5.41, 5.74) is 10.3. The lowest BCUT2D eigenvalue weighted by molar-refractivity contribution is -0.147. The molecule has 0 heterocycles. The zero-order valence-electron chi connectivity index (χ0n) is 17.0. The minimum atomic E-state index is -1.73. The van der Waals surface area contributed by atoms with Crippen molar-refractivity contribution in [2.45, 2.75) is 37.4 Å². The smallest absolute Gasteiger partial charge is 0.326 e. The molecule has 11 N–H and O–H groups in total. The number of aliphatic carboxylic acids is 3. The largest absolute Gasteiger partial charge is 0.481 e. The Morgan fingerprint density at radius 2 is 1.18 bits per heavy atom. The second kappa shape index (κ2) is 13.9. The normalized spacial score (nSPS) is 12.9. The van der Waals surface area contributed by atoms with Gasteiger partial charge < -0.3 is 48.1 Å². The number of carbonyl (C=O) groups is 8. The van der Waals surface area contributed by atoms with Crippen LogP contribution in [-0.2, 0) is 38.4 Å². The molecule has 17 nitrogen and oxygen atoms in total. The van der Waals surface area contributed by atoms with Crippen LogP contribution in [0, 0.1) is 0 Å². The molecule has 33 heavy (non-hydrogen) atoms. The molecule has 17 heteroatoms. The van der Waals surface area contributed by atoms with Crippen molar-refractivity contribution < 1.29 is 53.7 Å². The van der Waals surface area contributed by atoms with Crippen LogP contribution in [0.25, 0.3) is 0 Å². The van der Waals surface area contributed by atoms with Gasteiger partial charge in [-0.1, -0.05) is 0 Å². The molecule has 0 aliphatic carbocycles. The summed E-state index contributed by atoms with van der Waals surface area (Å²) in [5, 5.41) is 34.2. The summed E-state index contributed by atoms with van der Waals surface area (Å²) >= 11 is 0. The molecule has 0 spiro atoms. The molecule has 0 bridgehead atoms. The zero-order chi connectivity index (χ0) is 25.7. The number of nitrogens with one attached hydrogen (secondary N) is 4. The van der Waals surface area contributed by atoms with E-state index in [1.165, 1.54) is 0 Å². The molecule has 0 rings (SSSR count). The van der Waals surface area contributed by atoms with Crippen molar-refractivity contribution in [2.24, 2.45) is 11.5 Å². The molecule has 0 fully saturated rings. The van der Waals surface area contributed by atoms with Crippen molar-refractivity contribution in [1.82, 2.24) is 21.3 Å². The maximum Gasteiger partial charge on any atom is 0.326 e. The molecule has 0 aliphatic heterocycles. The Hall–Kier alpha value is -4.28. The molecule has 5 amide bonds. The maximum atomic E-state index is 12.1. The molecule has 184 valence electrons. The van der Waals surface area contributed by atoms with Crippen molar-refractivity contribution in [1.29, 1.82) is 0 Å². The molecule has 0 saturated carbocycles. The summed E-state index contributed by atoms with van der Waals surface area (Å²) in [6.07, 6.45) is -2.34. The van der Waals surface area contributed by atoms with Crippen molar-refractivity contribution in [2.75, 3.05) is 13.1 Å². The van der Waals surface area contributed by atoms with Gasteiger partial charge in [-0.15, -0.1) is 0 Å². The summed E-state index contributed by atoms with van der Waals surface area (Å²) in [4.78, 5) is 90.6. The first-order valence-electron chi connectivity index (χ1n) is 9.07. The highest BCUT2D eigenvalue weighted by Crippen LogP contribution is 1.96. The number of nitrogens with two attached hydrogens (primary N) is 2. The van der Waals surface area contributed by atoms with E-state index in [9.17, 15) is 38.4 Å². The number of rotatable bonds is 15. The van der Waals surface area contributed by atoms with Crippen LogP contribution in [0.1, 0.15) is 19.3 Å². The number of carbonyl (C=O) groups excluding carboxylic acids is 5. The Morgan fingerprint density at radius 1 is 0.667 bits per heavy atom. The van der Waals surface area contributed by atoms with Crippen LogP contribution in [0.15, 0.2) is 0 Å². The average Bonchev–Trinajstić information content (AvgIpc) is 2.67. The molecule has 0 aromatic carbocycles. The van der Waals surface area contributed by atoms with E-state index in [1.54, 1.807) is 0 Å². The van der Waals surface area contributed by atoms with E-state index >= 15 is 0 Å². The third kappa shape index (κ3) is 12.9. The van der Waals surface area contributed by atoms with Gasteiger partial charge in [0.2, 0.25) is 29.5 Å². The third-order valence-electron chi connectivity index (χ3n) is 3.65. The van der Waals surface area contributed by atoms with E-state index in [2.05, 4.69) is 0 Å². The van der Waals surface area contributed by atoms with Gasteiger partial charge in [0.15, 0.2) is 0 Å². The number of carboxylic acids is 3. The Kier molecular flexibility index (Phi) is 12.1. The Balaban J connectivity index is 4.72. The second-order valence-corrected chi connectivity index (χ2v) is 6.49. The summed E-state index contributed by atoms with van der Waals surface area (Å²) in [6.45, 7) is -1.52. The minimum Gasteiger partial charge on any atom is -0.481 e. The van der Waals surface area contributed by atoms with Gasteiger partial charge in [0.1, 0.15) is 12.1 Å². The van der Waals surface area contributed by atoms with Gasteiger partial charge in [0, 0.05) is 0 Å². The van der Waals surface area contributed by atoms with Gasteiger partial charge in [0.25, 0.3) is 0 Å². The van der Waals surface area contributed by atoms with Crippen molar-refractivity contribution >= 4 is 47.4 Å². The molecule has 0 saturated heterocycles. The minimum absolute atomic E-state index is 0.563. The maximum absolute atomic E-state index is 12.1. The lowest BCUT2D eigenvalue weighted by Crippen LogP contribution is -2.54. The fourth-order valence-electron chi connectivity index (χ4n) is 2.12. The molecule has 0 aliphatic rings. The quantitative estimate of drug-likeness (QED) is 0.107. The van der Waals surface area contributed by atoms with Crippen molar-refractivity contribution in [3.8, 4) is 0 Å². The van der Waals surface area contributed by atoms with Crippen LogP contribution >= 0.6 is 0 Å². The van der Waals surface area contributed by atoms with E-state index < -0.39 is 97.9 Å². The van der Waals surface area contributed by atoms with E-state index in [-0.39, 0.29) is 0 Å². The first-order chi connectivity index (χ1) is 15.2. The van der Waals surface area contributed by atoms with Crippen LogP contribution in [0.2, 0.25) is 0 Å². The number of hydrogen-bond donors (Lipinski definition) is 9. The molecule has 3 atom stereocenters. The lowest BCUT2D eigenvalue weighted by Gasteiger charge is -2.19. The second-order valence-electron chi connectivity index (χ2n) is 6.49. The van der Waals surface area contributed by atoms with Crippen LogP contribution in [0.3, 0.4) is 0 Å². The molecular weight excluding hydrogens is 452 g/mol. The van der Waals surface area contributed by atoms with E-state index in [1.807, 2.05) is 21.3 Å². The molecule has 0 unspecified atom stereocenters. The first-order valence-corrected chi connectivity index (χ1v) is 9.07. The van der Waals surface area contributed by atoms with Crippen molar-refractivity contribution in [3.05, 3.63) is 0 Å². The fraction of sp³-hybridized carbons (Fsp3) is 0.500. The van der Waals surface area contributed by atoms with Gasteiger partial charge in [0.05, 0.1) is 38.4 Å². The number of primary amides is 1. The predicted octanol–water partition coefficient (Wildman–Crippen LogP) is -5.57. The number of carboxylic acid groups (broad SMARTS) is 3. The van der Waals surface area contributed by atoms with Crippen molar-refractivity contribution in [3.63, 3.8) is 0 Å². The first kappa shape index (κ1) is 28.7. The van der Waals surface area contributed by atoms with Crippen LogP contribution < -0.4 is 32.7 Å². The molecule has 0 radical (unpaired) electrons. The van der Waals surface area contributed by atoms with Crippen LogP contribution in [0.5, 0.6) is 0 Å². The Labute approximate surface area is 185 Å². The Morgan fingerprint density at radius 3 is 1.67 bits per heavy atom. The fourth-order valence-corrected chi connectivity index (χ4v) is 2.12. The van der Waals surface area contributed by atoms with Crippen LogP contribution in [-0.4, -0.2) is 94.0 Å². The number of amides is 5. The van der Waals surface area contributed by atoms with Gasteiger partial charge in [-0.3, -0.25) is 33.6 Å². The van der Waals surface area contributed by atoms with Gasteiger partial charge >= 0.3 is 17.9 Å². The Bertz CT molecular complexity index is 815. The standard InChI is InChI=1S/C16H24N6O11/c17-6(1-9(18)23)14(30)22-7(2-12(26)27)15(31)20-4-10(24)19-5-11(25)21-8(16(32)33)3-13(28)29/h6-8H,1-5,17H2,(H2,18,23)(H,19,24)(H,20,31)(H,21,25)(H,22,30)(H,26,27)(H,28,29)(H,32,33)/t6-,7-,8-/m0/s1. The highest BCUT2D eigenvalue weighted by molar-refractivity contribution is 5.95. The zero-order valence-corrected chi connectivity index (χ0v) is 17.0. The molecular formula is C16H24N6O11. The SMILES string of the molecule is NC(=O)C[C@H](N)C(=O)N[C@@H](CC(=O)O)C(=O)NCC(=O)NCC(=O)N[C@@H](CC(=O)O)C(=O)O. The van der Waals surface area contributed by atoms with E-state index in [4.69, 9.17) is 26.8 Å². The topological polar surface area (TPSA) is 297 Å². The van der Waals surface area contributed by atoms with Crippen LogP contribution in [0.4, 0.5) is 0 Å². The average molecular weight is 476 g/mol. The lowest BCUT2D eigenvalue weighted by atomic mass is 10.1. The van der Waals surface area contributed by atoms with Gasteiger partial charge in [-0.25, -0.2) is 4.79 Å². The summed E-state index contributed by atoms with van der Waals surface area (Å²) in [6, 6.07) is -4.82. The highest BCUT2D eigenvalue weighted by Gasteiger charge is 2.27. The predicted molar refractivity (Wildman–Crippen MR) is 104 cm³/mol. The van der Waals surface area contributed by atoms with Gasteiger partial charge in [-0.2, -0.15) is 0 Å². The highest BCUT2D eigenvalue weighted by atomic mass is 16.4. The molecule has 0 aromatic heterocycles. The van der Waals surface area contributed by atoms with E-state index in [0.29, 0.717) is 0 Å². The summed E-state index contributed by atoms with van der Waals surface area (Å²) < 4.78 is 0. The third-order valence-corrected chi connectivity index (χ3v) is 3.65. The summed E-state index contributed by atoms with van der Waals surface area (Å²) in [5.74, 6) is -9.57. The van der Waals surface area contributed by atoms with Gasteiger partial charge in [-0.05, 0) is 0 Å².